The summed E-state index contributed by atoms with van der Waals surface area (Å²) in [6.45, 7) is 21.9. The largest absolute Gasteiger partial charge is 0.500 e. The van der Waals surface area contributed by atoms with Crippen molar-refractivity contribution in [2.45, 2.75) is 75.7 Å². The van der Waals surface area contributed by atoms with Crippen molar-refractivity contribution < 1.29 is 24.5 Å². The predicted octanol–water partition coefficient (Wildman–Crippen LogP) is 13.6. The average molecular weight is 891 g/mol. The maximum atomic E-state index is 6.68. The quantitative estimate of drug-likeness (QED) is 0.165. The summed E-state index contributed by atoms with van der Waals surface area (Å²) in [5.74, 6) is 0. The second kappa shape index (κ2) is 15.1. The molecule has 0 aliphatic heterocycles. The average Bonchev–Trinajstić information content (AvgIpc) is 3.62. The molecule has 1 radical (unpaired) electrons. The summed E-state index contributed by atoms with van der Waals surface area (Å²) in [4.78, 5) is 10.7. The first-order valence-corrected chi connectivity index (χ1v) is 18.8. The minimum atomic E-state index is 0. The standard InChI is InChI=1S/C34H32NOS.C14H14N.Ir/c1-19-10-8-11-20(2)30(19)27-16-28(35-18-23(27)17-34(5,6)7)26-13-9-12-24-25-14-15-29-31(21(3)22(4)37-29)33(25)36-32(24)26;1-10-4-6-13(7-5-10)14-8-11(2)12(3)9-15-14;/h8-12,14-16,18H,17H2,1-7H3;4-6,8-9H,1-3H3;/q2*-1;. The molecule has 0 saturated carbocycles. The molecule has 5 heteroatoms. The van der Waals surface area contributed by atoms with Gasteiger partial charge in [-0.25, -0.2) is 0 Å². The second-order valence-electron chi connectivity index (χ2n) is 15.5. The first kappa shape index (κ1) is 38.3. The molecule has 0 aliphatic rings. The third-order valence-corrected chi connectivity index (χ3v) is 11.2. The van der Waals surface area contributed by atoms with Crippen LogP contribution < -0.4 is 0 Å². The van der Waals surface area contributed by atoms with E-state index in [0.717, 1.165) is 50.9 Å². The molecule has 0 saturated heterocycles. The summed E-state index contributed by atoms with van der Waals surface area (Å²) in [6, 6.07) is 32.3. The van der Waals surface area contributed by atoms with E-state index in [4.69, 9.17) is 9.40 Å². The van der Waals surface area contributed by atoms with Gasteiger partial charge in [-0.05, 0) is 110 Å². The number of pyridine rings is 2. The van der Waals surface area contributed by atoms with Crippen LogP contribution in [0.3, 0.4) is 0 Å². The van der Waals surface area contributed by atoms with Crippen molar-refractivity contribution in [1.29, 1.82) is 0 Å². The number of nitrogens with zero attached hydrogens (tertiary/aromatic N) is 2. The number of aryl methyl sites for hydroxylation is 7. The van der Waals surface area contributed by atoms with Gasteiger partial charge in [0.15, 0.2) is 0 Å². The first-order chi connectivity index (χ1) is 24.8. The molecule has 4 aromatic carbocycles. The van der Waals surface area contributed by atoms with Crippen molar-refractivity contribution in [2.24, 2.45) is 5.41 Å². The molecule has 3 nitrogen and oxygen atoms in total. The Hall–Kier alpha value is -4.41. The number of fused-ring (bicyclic) bond motifs is 5. The van der Waals surface area contributed by atoms with Crippen LogP contribution in [-0.2, 0) is 26.5 Å². The fraction of sp³-hybridized carbons (Fsp3) is 0.250. The monoisotopic (exact) mass is 891 g/mol. The van der Waals surface area contributed by atoms with Crippen molar-refractivity contribution in [1.82, 2.24) is 9.97 Å². The van der Waals surface area contributed by atoms with Crippen molar-refractivity contribution in [3.05, 3.63) is 141 Å². The van der Waals surface area contributed by atoms with E-state index in [9.17, 15) is 0 Å². The van der Waals surface area contributed by atoms with Gasteiger partial charge in [0.05, 0.1) is 5.58 Å². The van der Waals surface area contributed by atoms with Gasteiger partial charge >= 0.3 is 0 Å². The van der Waals surface area contributed by atoms with E-state index in [1.165, 1.54) is 65.0 Å². The number of hydrogen-bond donors (Lipinski definition) is 0. The third kappa shape index (κ3) is 7.67. The molecule has 0 N–H and O–H groups in total. The molecule has 0 amide bonds. The van der Waals surface area contributed by atoms with Crippen molar-refractivity contribution >= 4 is 43.4 Å². The summed E-state index contributed by atoms with van der Waals surface area (Å²) >= 11 is 1.83. The Bertz CT molecular complexity index is 2580. The van der Waals surface area contributed by atoms with Gasteiger partial charge in [-0.3, -0.25) is 0 Å². The third-order valence-electron chi connectivity index (χ3n) is 10.1. The molecule has 0 aliphatic carbocycles. The van der Waals surface area contributed by atoms with Gasteiger partial charge < -0.3 is 14.4 Å². The van der Waals surface area contributed by atoms with Crippen molar-refractivity contribution in [2.75, 3.05) is 0 Å². The number of hydrogen-bond acceptors (Lipinski definition) is 4. The Labute approximate surface area is 331 Å². The van der Waals surface area contributed by atoms with Crippen LogP contribution in [0.1, 0.15) is 64.6 Å². The fourth-order valence-electron chi connectivity index (χ4n) is 7.07. The maximum Gasteiger partial charge on any atom is 0.129 e. The molecule has 8 aromatic rings. The van der Waals surface area contributed by atoms with Crippen molar-refractivity contribution in [3.63, 3.8) is 0 Å². The van der Waals surface area contributed by atoms with Crippen LogP contribution in [0.5, 0.6) is 0 Å². The van der Waals surface area contributed by atoms with Gasteiger partial charge in [-0.15, -0.1) is 64.9 Å². The van der Waals surface area contributed by atoms with Crippen LogP contribution in [0.15, 0.2) is 89.6 Å². The van der Waals surface area contributed by atoms with E-state index in [-0.39, 0.29) is 25.5 Å². The van der Waals surface area contributed by atoms with Gasteiger partial charge in [-0.2, -0.15) is 0 Å². The normalized spacial score (nSPS) is 11.5. The van der Waals surface area contributed by atoms with Gasteiger partial charge in [-0.1, -0.05) is 80.6 Å². The number of rotatable bonds is 4. The molecule has 0 spiro atoms. The first-order valence-electron chi connectivity index (χ1n) is 18.0. The van der Waals surface area contributed by atoms with Gasteiger partial charge in [0.25, 0.3) is 0 Å². The molecule has 271 valence electrons. The predicted molar refractivity (Wildman–Crippen MR) is 221 cm³/mol. The molecule has 53 heavy (non-hydrogen) atoms. The summed E-state index contributed by atoms with van der Waals surface area (Å²) in [5, 5.41) is 3.49. The number of thiophene rings is 1. The van der Waals surface area contributed by atoms with Crippen LogP contribution in [0, 0.1) is 66.0 Å². The van der Waals surface area contributed by atoms with Crippen molar-refractivity contribution in [3.8, 4) is 33.6 Å². The molecule has 4 heterocycles. The number of furan rings is 1. The molecule has 0 fully saturated rings. The van der Waals surface area contributed by atoms with Crippen LogP contribution >= 0.6 is 11.3 Å². The summed E-state index contributed by atoms with van der Waals surface area (Å²) < 4.78 is 7.96. The Balaban J connectivity index is 0.000000252. The Morgan fingerprint density at radius 2 is 1.43 bits per heavy atom. The summed E-state index contributed by atoms with van der Waals surface area (Å²) in [7, 11) is 0. The molecule has 0 bridgehead atoms. The minimum Gasteiger partial charge on any atom is -0.500 e. The topological polar surface area (TPSA) is 38.9 Å². The van der Waals surface area contributed by atoms with E-state index in [0.29, 0.717) is 0 Å². The Morgan fingerprint density at radius 3 is 2.11 bits per heavy atom. The zero-order valence-corrected chi connectivity index (χ0v) is 35.5. The maximum absolute atomic E-state index is 6.68. The second-order valence-corrected chi connectivity index (χ2v) is 16.7. The molecule has 8 rings (SSSR count). The van der Waals surface area contributed by atoms with Gasteiger partial charge in [0.2, 0.25) is 0 Å². The van der Waals surface area contributed by atoms with E-state index in [1.54, 1.807) is 0 Å². The number of aromatic nitrogens is 2. The Morgan fingerprint density at radius 1 is 0.717 bits per heavy atom. The van der Waals surface area contributed by atoms with E-state index in [1.807, 2.05) is 29.7 Å². The van der Waals surface area contributed by atoms with Gasteiger partial charge in [0.1, 0.15) is 5.58 Å². The molecule has 0 atom stereocenters. The number of benzene rings is 4. The molecule has 4 aromatic heterocycles. The zero-order chi connectivity index (χ0) is 36.9. The van der Waals surface area contributed by atoms with Crippen LogP contribution in [0.4, 0.5) is 0 Å². The SMILES string of the molecule is Cc1c[c-]c(-c2cc(C)c(C)cn2)cc1.Cc1cccc(C)c1-c1cc(-c2[c-]ccc3c2oc2c3ccc3sc(C)c(C)c32)ncc1CC(C)(C)C.[Ir]. The fourth-order valence-corrected chi connectivity index (χ4v) is 8.14. The van der Waals surface area contributed by atoms with Gasteiger partial charge in [0, 0.05) is 52.8 Å². The summed E-state index contributed by atoms with van der Waals surface area (Å²) in [6.07, 6.45) is 4.94. The van der Waals surface area contributed by atoms with Crippen LogP contribution in [0.25, 0.3) is 65.7 Å². The minimum absolute atomic E-state index is 0. The molecular weight excluding hydrogens is 845 g/mol. The van der Waals surface area contributed by atoms with E-state index < -0.39 is 0 Å². The zero-order valence-electron chi connectivity index (χ0n) is 32.3. The van der Waals surface area contributed by atoms with E-state index >= 15 is 0 Å². The smallest absolute Gasteiger partial charge is 0.129 e. The Kier molecular flexibility index (Phi) is 10.9. The van der Waals surface area contributed by atoms with Crippen LogP contribution in [-0.4, -0.2) is 9.97 Å². The molecule has 0 unspecified atom stereocenters. The molecular formula is C48H46IrN2OS-2. The van der Waals surface area contributed by atoms with E-state index in [2.05, 4.69) is 153 Å². The summed E-state index contributed by atoms with van der Waals surface area (Å²) in [5.41, 5.74) is 17.3. The van der Waals surface area contributed by atoms with Crippen LogP contribution in [0.2, 0.25) is 0 Å².